The van der Waals surface area contributed by atoms with Crippen LogP contribution >= 0.6 is 7.60 Å². The van der Waals surface area contributed by atoms with E-state index in [2.05, 4.69) is 4.74 Å². The van der Waals surface area contributed by atoms with Gasteiger partial charge in [0.05, 0.1) is 18.1 Å². The second-order valence-electron chi connectivity index (χ2n) is 2.66. The maximum atomic E-state index is 10.9. The Morgan fingerprint density at radius 3 is 2.47 bits per heavy atom. The molecule has 8 heteroatoms. The van der Waals surface area contributed by atoms with Gasteiger partial charge in [-0.25, -0.2) is 0 Å². The number of nitro benzene ring substituents is 1. The molecule has 2 N–H and O–H groups in total. The molecule has 15 heavy (non-hydrogen) atoms. The lowest BCUT2D eigenvalue weighted by molar-refractivity contribution is -0.384. The van der Waals surface area contributed by atoms with Gasteiger partial charge in [-0.15, -0.1) is 0 Å². The van der Waals surface area contributed by atoms with Crippen LogP contribution in [0.25, 0.3) is 0 Å². The number of benzene rings is 1. The summed E-state index contributed by atoms with van der Waals surface area (Å²) >= 11 is 0. The molecule has 0 bridgehead atoms. The van der Waals surface area contributed by atoms with Gasteiger partial charge in [-0.2, -0.15) is 0 Å². The van der Waals surface area contributed by atoms with Gasteiger partial charge in [0, 0.05) is 6.07 Å². The van der Waals surface area contributed by atoms with Gasteiger partial charge in [-0.1, -0.05) is 0 Å². The van der Waals surface area contributed by atoms with E-state index < -0.39 is 12.5 Å². The van der Waals surface area contributed by atoms with Gasteiger partial charge in [0.2, 0.25) is 0 Å². The lowest BCUT2D eigenvalue weighted by Crippen LogP contribution is -2.08. The molecule has 0 saturated carbocycles. The Morgan fingerprint density at radius 1 is 1.47 bits per heavy atom. The minimum absolute atomic E-state index is 0.197. The smallest absolute Gasteiger partial charge is 0.359 e. The first kappa shape index (κ1) is 11.6. The molecule has 1 aromatic carbocycles. The normalized spacial score (nSPS) is 11.1. The summed E-state index contributed by atoms with van der Waals surface area (Å²) in [7, 11) is -3.29. The summed E-state index contributed by atoms with van der Waals surface area (Å²) in [6.45, 7) is 0. The maximum Gasteiger partial charge on any atom is 0.359 e. The molecule has 0 amide bonds. The molecule has 82 valence electrons. The van der Waals surface area contributed by atoms with Gasteiger partial charge >= 0.3 is 7.60 Å². The molecule has 0 aromatic heterocycles. The van der Waals surface area contributed by atoms with Gasteiger partial charge in [0.25, 0.3) is 5.69 Å². The van der Waals surface area contributed by atoms with E-state index in [1.807, 2.05) is 0 Å². The van der Waals surface area contributed by atoms with E-state index >= 15 is 0 Å². The van der Waals surface area contributed by atoms with Crippen molar-refractivity contribution in [3.8, 4) is 5.75 Å². The van der Waals surface area contributed by atoms with Crippen molar-refractivity contribution in [2.75, 3.05) is 7.11 Å². The van der Waals surface area contributed by atoms with E-state index in [0.29, 0.717) is 0 Å². The fraction of sp³-hybridized carbons (Fsp3) is 0.143. The van der Waals surface area contributed by atoms with Crippen LogP contribution in [0.1, 0.15) is 0 Å². The molecule has 0 atom stereocenters. The van der Waals surface area contributed by atoms with Crippen molar-refractivity contribution in [1.29, 1.82) is 0 Å². The van der Waals surface area contributed by atoms with Crippen LogP contribution in [0, 0.1) is 10.1 Å². The van der Waals surface area contributed by atoms with Crippen molar-refractivity contribution < 1.29 is 24.0 Å². The van der Waals surface area contributed by atoms with Crippen LogP contribution in [0.15, 0.2) is 18.2 Å². The Balaban J connectivity index is 3.34. The number of methoxy groups -OCH3 is 1. The van der Waals surface area contributed by atoms with Crippen LogP contribution in [0.5, 0.6) is 5.75 Å². The summed E-state index contributed by atoms with van der Waals surface area (Å²) in [6, 6.07) is 2.96. The standard InChI is InChI=1S/C7H8NO6P/c1-14-6-4-5(8(9)10)2-3-7(6)15(11,12)13/h2-4H,1H3,(H2,11,12,13). The van der Waals surface area contributed by atoms with Crippen LogP contribution in [0.3, 0.4) is 0 Å². The molecule has 1 aromatic rings. The number of non-ortho nitro benzene ring substituents is 1. The average Bonchev–Trinajstić information content (AvgIpc) is 2.15. The van der Waals surface area contributed by atoms with E-state index in [1.165, 1.54) is 7.11 Å². The number of rotatable bonds is 3. The van der Waals surface area contributed by atoms with Crippen LogP contribution in [-0.4, -0.2) is 21.8 Å². The highest BCUT2D eigenvalue weighted by molar-refractivity contribution is 7.60. The molecule has 1 rings (SSSR count). The van der Waals surface area contributed by atoms with Crippen molar-refractivity contribution in [2.45, 2.75) is 0 Å². The Hall–Kier alpha value is -1.43. The topological polar surface area (TPSA) is 110 Å². The maximum absolute atomic E-state index is 10.9. The molecular formula is C7H8NO6P. The van der Waals surface area contributed by atoms with Crippen molar-refractivity contribution in [3.05, 3.63) is 28.3 Å². The van der Waals surface area contributed by atoms with Gasteiger partial charge in [-0.3, -0.25) is 14.7 Å². The highest BCUT2D eigenvalue weighted by atomic mass is 31.2. The van der Waals surface area contributed by atoms with Crippen molar-refractivity contribution in [3.63, 3.8) is 0 Å². The monoisotopic (exact) mass is 233 g/mol. The summed E-state index contributed by atoms with van der Waals surface area (Å²) in [5.41, 5.74) is -0.288. The highest BCUT2D eigenvalue weighted by Gasteiger charge is 2.24. The average molecular weight is 233 g/mol. The number of hydrogen-bond donors (Lipinski definition) is 2. The third-order valence-corrected chi connectivity index (χ3v) is 2.69. The molecule has 0 aliphatic heterocycles. The predicted molar refractivity (Wildman–Crippen MR) is 51.3 cm³/mol. The lowest BCUT2D eigenvalue weighted by atomic mass is 10.3. The van der Waals surface area contributed by atoms with Crippen molar-refractivity contribution in [2.24, 2.45) is 0 Å². The van der Waals surface area contributed by atoms with Gasteiger partial charge in [0.1, 0.15) is 11.1 Å². The zero-order valence-corrected chi connectivity index (χ0v) is 8.55. The van der Waals surface area contributed by atoms with Crippen LogP contribution in [0.4, 0.5) is 5.69 Å². The first-order chi connectivity index (χ1) is 6.86. The molecule has 0 aliphatic rings. The van der Waals surface area contributed by atoms with Crippen molar-refractivity contribution in [1.82, 2.24) is 0 Å². The van der Waals surface area contributed by atoms with Crippen LogP contribution in [-0.2, 0) is 4.57 Å². The number of ether oxygens (including phenoxy) is 1. The summed E-state index contributed by atoms with van der Waals surface area (Å²) in [4.78, 5) is 27.5. The minimum atomic E-state index is -4.47. The molecule has 7 nitrogen and oxygen atoms in total. The number of hydrogen-bond acceptors (Lipinski definition) is 4. The SMILES string of the molecule is COc1cc([N+](=O)[O-])ccc1P(=O)(O)O. The molecule has 0 spiro atoms. The quantitative estimate of drug-likeness (QED) is 0.444. The predicted octanol–water partition coefficient (Wildman–Crippen LogP) is 0.406. The van der Waals surface area contributed by atoms with E-state index in [1.54, 1.807) is 0 Å². The number of nitrogens with zero attached hydrogens (tertiary/aromatic N) is 1. The van der Waals surface area contributed by atoms with Crippen molar-refractivity contribution >= 4 is 18.6 Å². The molecule has 0 heterocycles. The molecule has 0 saturated heterocycles. The van der Waals surface area contributed by atoms with Gasteiger partial charge < -0.3 is 14.5 Å². The Bertz CT molecular complexity index is 439. The second-order valence-corrected chi connectivity index (χ2v) is 4.23. The van der Waals surface area contributed by atoms with Crippen LogP contribution < -0.4 is 10.0 Å². The van der Waals surface area contributed by atoms with E-state index in [9.17, 15) is 14.7 Å². The van der Waals surface area contributed by atoms with E-state index in [0.717, 1.165) is 18.2 Å². The molecule has 0 aliphatic carbocycles. The first-order valence-electron chi connectivity index (χ1n) is 3.75. The molecule has 0 fully saturated rings. The minimum Gasteiger partial charge on any atom is -0.496 e. The zero-order valence-electron chi connectivity index (χ0n) is 7.65. The first-order valence-corrected chi connectivity index (χ1v) is 5.36. The Kier molecular flexibility index (Phi) is 3.09. The fourth-order valence-electron chi connectivity index (χ4n) is 1.02. The largest absolute Gasteiger partial charge is 0.496 e. The summed E-state index contributed by atoms with van der Waals surface area (Å²) < 4.78 is 15.6. The Morgan fingerprint density at radius 2 is 2.07 bits per heavy atom. The number of nitro groups is 1. The molecular weight excluding hydrogens is 225 g/mol. The third kappa shape index (κ3) is 2.53. The molecule has 0 radical (unpaired) electrons. The van der Waals surface area contributed by atoms with Gasteiger partial charge in [0.15, 0.2) is 0 Å². The van der Waals surface area contributed by atoms with Gasteiger partial charge in [-0.05, 0) is 6.07 Å². The lowest BCUT2D eigenvalue weighted by Gasteiger charge is -2.08. The fourth-order valence-corrected chi connectivity index (χ4v) is 1.73. The van der Waals surface area contributed by atoms with E-state index in [-0.39, 0.29) is 16.7 Å². The third-order valence-electron chi connectivity index (χ3n) is 1.69. The summed E-state index contributed by atoms with van der Waals surface area (Å²) in [5.74, 6) is -0.197. The Labute approximate surface area is 84.6 Å². The van der Waals surface area contributed by atoms with E-state index in [4.69, 9.17) is 9.79 Å². The zero-order chi connectivity index (χ0) is 11.6. The summed E-state index contributed by atoms with van der Waals surface area (Å²) in [5, 5.41) is 10.0. The highest BCUT2D eigenvalue weighted by Crippen LogP contribution is 2.38. The van der Waals surface area contributed by atoms with Crippen LogP contribution in [0.2, 0.25) is 0 Å². The summed E-state index contributed by atoms with van der Waals surface area (Å²) in [6.07, 6.45) is 0. The molecule has 0 unspecified atom stereocenters. The second kappa shape index (κ2) is 3.98.